The van der Waals surface area contributed by atoms with Gasteiger partial charge in [0.2, 0.25) is 0 Å². The lowest BCUT2D eigenvalue weighted by Gasteiger charge is -2.37. The second kappa shape index (κ2) is 6.55. The van der Waals surface area contributed by atoms with Gasteiger partial charge in [-0.2, -0.15) is 0 Å². The van der Waals surface area contributed by atoms with Gasteiger partial charge in [0.15, 0.2) is 0 Å². The summed E-state index contributed by atoms with van der Waals surface area (Å²) in [5, 5.41) is 3.74. The van der Waals surface area contributed by atoms with E-state index in [9.17, 15) is 0 Å². The van der Waals surface area contributed by atoms with Crippen LogP contribution in [0.2, 0.25) is 0 Å². The van der Waals surface area contributed by atoms with Crippen LogP contribution in [0.1, 0.15) is 46.5 Å². The average molecular weight is 268 g/mol. The van der Waals surface area contributed by atoms with Crippen LogP contribution in [0.5, 0.6) is 0 Å². The Labute approximate surface area is 119 Å². The number of hydrogen-bond acceptors (Lipinski definition) is 3. The van der Waals surface area contributed by atoms with Crippen molar-refractivity contribution in [3.05, 3.63) is 0 Å². The third-order valence-electron chi connectivity index (χ3n) is 5.19. The van der Waals surface area contributed by atoms with Crippen LogP contribution < -0.4 is 5.32 Å². The first-order valence-corrected chi connectivity index (χ1v) is 8.05. The minimum atomic E-state index is 0.455. The summed E-state index contributed by atoms with van der Waals surface area (Å²) >= 11 is 0. The highest BCUT2D eigenvalue weighted by molar-refractivity contribution is 4.97. The predicted molar refractivity (Wildman–Crippen MR) is 80.4 cm³/mol. The zero-order chi connectivity index (χ0) is 13.9. The topological polar surface area (TPSA) is 24.5 Å². The molecule has 0 radical (unpaired) electrons. The van der Waals surface area contributed by atoms with E-state index in [2.05, 4.69) is 31.0 Å². The summed E-state index contributed by atoms with van der Waals surface area (Å²) in [6, 6.07) is 0.681. The number of rotatable bonds is 5. The Balaban J connectivity index is 1.90. The fourth-order valence-corrected chi connectivity index (χ4v) is 4.08. The third kappa shape index (κ3) is 3.71. The molecule has 1 aliphatic carbocycles. The molecule has 3 nitrogen and oxygen atoms in total. The molecule has 3 heteroatoms. The maximum Gasteiger partial charge on any atom is 0.0698 e. The Kier molecular flexibility index (Phi) is 5.27. The fourth-order valence-electron chi connectivity index (χ4n) is 4.08. The van der Waals surface area contributed by atoms with Crippen LogP contribution in [-0.2, 0) is 4.74 Å². The van der Waals surface area contributed by atoms with Crippen LogP contribution in [0.15, 0.2) is 0 Å². The monoisotopic (exact) mass is 268 g/mol. The Morgan fingerprint density at radius 2 is 2.11 bits per heavy atom. The van der Waals surface area contributed by atoms with Crippen LogP contribution in [0.25, 0.3) is 0 Å². The fraction of sp³-hybridized carbons (Fsp3) is 1.00. The van der Waals surface area contributed by atoms with E-state index in [-0.39, 0.29) is 0 Å². The minimum Gasteiger partial charge on any atom is -0.380 e. The van der Waals surface area contributed by atoms with Gasteiger partial charge < -0.3 is 15.0 Å². The Bertz CT molecular complexity index is 280. The van der Waals surface area contributed by atoms with Crippen LogP contribution >= 0.6 is 0 Å². The molecule has 19 heavy (non-hydrogen) atoms. The van der Waals surface area contributed by atoms with Crippen molar-refractivity contribution in [2.75, 3.05) is 33.3 Å². The first kappa shape index (κ1) is 15.3. The molecule has 2 rings (SSSR count). The standard InChI is InChI=1S/C16H32N2O/c1-5-17-15-13(8-9-16(15,2)3)11-18-10-6-7-14(12-18)19-4/h13-15,17H,5-12H2,1-4H3. The summed E-state index contributed by atoms with van der Waals surface area (Å²) in [5.41, 5.74) is 0.455. The molecule has 2 fully saturated rings. The molecule has 3 unspecified atom stereocenters. The molecule has 1 saturated carbocycles. The largest absolute Gasteiger partial charge is 0.380 e. The second-order valence-corrected chi connectivity index (χ2v) is 7.08. The van der Waals surface area contributed by atoms with Crippen molar-refractivity contribution in [3.63, 3.8) is 0 Å². The molecule has 2 aliphatic rings. The van der Waals surface area contributed by atoms with E-state index in [1.807, 2.05) is 7.11 Å². The summed E-state index contributed by atoms with van der Waals surface area (Å²) in [6.07, 6.45) is 5.72. The lowest BCUT2D eigenvalue weighted by Crippen LogP contribution is -2.48. The maximum atomic E-state index is 5.54. The lowest BCUT2D eigenvalue weighted by molar-refractivity contribution is 0.0236. The van der Waals surface area contributed by atoms with Gasteiger partial charge in [-0.1, -0.05) is 20.8 Å². The van der Waals surface area contributed by atoms with Crippen molar-refractivity contribution in [3.8, 4) is 0 Å². The third-order valence-corrected chi connectivity index (χ3v) is 5.19. The molecule has 0 aromatic rings. The summed E-state index contributed by atoms with van der Waals surface area (Å²) < 4.78 is 5.54. The number of methoxy groups -OCH3 is 1. The number of nitrogens with one attached hydrogen (secondary N) is 1. The zero-order valence-corrected chi connectivity index (χ0v) is 13.2. The van der Waals surface area contributed by atoms with Gasteiger partial charge >= 0.3 is 0 Å². The molecule has 0 aromatic carbocycles. The summed E-state index contributed by atoms with van der Waals surface area (Å²) in [7, 11) is 1.86. The van der Waals surface area contributed by atoms with Gasteiger partial charge in [0.05, 0.1) is 6.10 Å². The van der Waals surface area contributed by atoms with Crippen molar-refractivity contribution in [1.82, 2.24) is 10.2 Å². The van der Waals surface area contributed by atoms with Crippen molar-refractivity contribution in [1.29, 1.82) is 0 Å². The van der Waals surface area contributed by atoms with Crippen molar-refractivity contribution in [2.24, 2.45) is 11.3 Å². The van der Waals surface area contributed by atoms with E-state index in [4.69, 9.17) is 4.74 Å². The van der Waals surface area contributed by atoms with Crippen molar-refractivity contribution in [2.45, 2.75) is 58.6 Å². The number of piperidine rings is 1. The van der Waals surface area contributed by atoms with E-state index in [0.717, 1.165) is 19.0 Å². The molecule has 3 atom stereocenters. The summed E-state index contributed by atoms with van der Waals surface area (Å²) in [4.78, 5) is 2.63. The Morgan fingerprint density at radius 1 is 1.32 bits per heavy atom. The van der Waals surface area contributed by atoms with Crippen molar-refractivity contribution >= 4 is 0 Å². The van der Waals surface area contributed by atoms with Gasteiger partial charge in [-0.3, -0.25) is 0 Å². The van der Waals surface area contributed by atoms with Gasteiger partial charge in [0.25, 0.3) is 0 Å². The number of ether oxygens (including phenoxy) is 1. The zero-order valence-electron chi connectivity index (χ0n) is 13.2. The minimum absolute atomic E-state index is 0.455. The molecule has 1 heterocycles. The van der Waals surface area contributed by atoms with Crippen LogP contribution in [0.4, 0.5) is 0 Å². The smallest absolute Gasteiger partial charge is 0.0698 e. The van der Waals surface area contributed by atoms with E-state index in [1.54, 1.807) is 0 Å². The van der Waals surface area contributed by atoms with Gasteiger partial charge in [-0.05, 0) is 50.1 Å². The molecular formula is C16H32N2O. The van der Waals surface area contributed by atoms with Gasteiger partial charge in [0, 0.05) is 26.2 Å². The van der Waals surface area contributed by atoms with E-state index in [0.29, 0.717) is 17.6 Å². The molecule has 0 aromatic heterocycles. The van der Waals surface area contributed by atoms with Gasteiger partial charge in [-0.25, -0.2) is 0 Å². The highest BCUT2D eigenvalue weighted by Gasteiger charge is 2.42. The predicted octanol–water partition coefficient (Wildman–Crippen LogP) is 2.51. The molecule has 0 amide bonds. The van der Waals surface area contributed by atoms with E-state index >= 15 is 0 Å². The van der Waals surface area contributed by atoms with Crippen LogP contribution in [0.3, 0.4) is 0 Å². The van der Waals surface area contributed by atoms with Crippen molar-refractivity contribution < 1.29 is 4.74 Å². The van der Waals surface area contributed by atoms with E-state index in [1.165, 1.54) is 38.8 Å². The number of hydrogen-bond donors (Lipinski definition) is 1. The maximum absolute atomic E-state index is 5.54. The Hall–Kier alpha value is -0.120. The molecule has 0 bridgehead atoms. The number of nitrogens with zero attached hydrogens (tertiary/aromatic N) is 1. The molecular weight excluding hydrogens is 236 g/mol. The average Bonchev–Trinajstić information content (AvgIpc) is 2.67. The molecule has 1 N–H and O–H groups in total. The summed E-state index contributed by atoms with van der Waals surface area (Å²) in [5.74, 6) is 0.811. The van der Waals surface area contributed by atoms with Crippen LogP contribution in [-0.4, -0.2) is 50.3 Å². The first-order chi connectivity index (χ1) is 9.06. The summed E-state index contributed by atoms with van der Waals surface area (Å²) in [6.45, 7) is 11.8. The SMILES string of the molecule is CCNC1C(CN2CCCC(OC)C2)CCC1(C)C. The van der Waals surface area contributed by atoms with Crippen LogP contribution in [0, 0.1) is 11.3 Å². The second-order valence-electron chi connectivity index (χ2n) is 7.08. The van der Waals surface area contributed by atoms with E-state index < -0.39 is 0 Å². The molecule has 112 valence electrons. The highest BCUT2D eigenvalue weighted by atomic mass is 16.5. The quantitative estimate of drug-likeness (QED) is 0.829. The first-order valence-electron chi connectivity index (χ1n) is 8.05. The van der Waals surface area contributed by atoms with Gasteiger partial charge in [-0.15, -0.1) is 0 Å². The molecule has 0 spiro atoms. The number of likely N-dealkylation sites (tertiary alicyclic amines) is 1. The highest BCUT2D eigenvalue weighted by Crippen LogP contribution is 2.41. The molecule has 1 aliphatic heterocycles. The molecule has 1 saturated heterocycles. The normalized spacial score (nSPS) is 35.7. The Morgan fingerprint density at radius 3 is 2.79 bits per heavy atom. The lowest BCUT2D eigenvalue weighted by atomic mass is 9.84. The van der Waals surface area contributed by atoms with Gasteiger partial charge in [0.1, 0.15) is 0 Å².